The van der Waals surface area contributed by atoms with Crippen molar-refractivity contribution in [3.63, 3.8) is 0 Å². The summed E-state index contributed by atoms with van der Waals surface area (Å²) in [6.07, 6.45) is 0. The highest BCUT2D eigenvalue weighted by molar-refractivity contribution is 6.09. The Morgan fingerprint density at radius 2 is 1.57 bits per heavy atom. The Hall–Kier alpha value is -3.80. The van der Waals surface area contributed by atoms with Gasteiger partial charge in [0.05, 0.1) is 24.0 Å². The Morgan fingerprint density at radius 1 is 0.833 bits per heavy atom. The largest absolute Gasteiger partial charge is 0.495 e. The molecule has 6 heteroatoms. The first-order chi connectivity index (χ1) is 14.4. The minimum Gasteiger partial charge on any atom is -0.495 e. The lowest BCUT2D eigenvalue weighted by Crippen LogP contribution is -2.15. The van der Waals surface area contributed by atoms with E-state index >= 15 is 0 Å². The van der Waals surface area contributed by atoms with Gasteiger partial charge in [-0.3, -0.25) is 9.59 Å². The molecule has 0 spiro atoms. The van der Waals surface area contributed by atoms with Gasteiger partial charge in [0.2, 0.25) is 5.91 Å². The summed E-state index contributed by atoms with van der Waals surface area (Å²) in [6, 6.07) is 18.4. The fourth-order valence-corrected chi connectivity index (χ4v) is 3.09. The molecule has 0 saturated heterocycles. The molecular weight excluding hydrogens is 378 g/mol. The quantitative estimate of drug-likeness (QED) is 0.524. The van der Waals surface area contributed by atoms with Crippen LogP contribution in [0.5, 0.6) is 5.75 Å². The maximum absolute atomic E-state index is 13.0. The van der Waals surface area contributed by atoms with E-state index in [-0.39, 0.29) is 11.8 Å². The van der Waals surface area contributed by atoms with E-state index in [2.05, 4.69) is 28.9 Å². The zero-order valence-corrected chi connectivity index (χ0v) is 17.5. The Bertz CT molecular complexity index is 1090. The number of methoxy groups -OCH3 is 1. The van der Waals surface area contributed by atoms with Gasteiger partial charge < -0.3 is 20.7 Å². The Labute approximate surface area is 176 Å². The molecule has 0 aromatic heterocycles. The van der Waals surface area contributed by atoms with Gasteiger partial charge in [-0.1, -0.05) is 24.3 Å². The van der Waals surface area contributed by atoms with E-state index in [0.29, 0.717) is 28.4 Å². The highest BCUT2D eigenvalue weighted by Gasteiger charge is 2.14. The number of carbonyl (C=O) groups excluding carboxylic acids is 2. The van der Waals surface area contributed by atoms with Crippen LogP contribution in [0.2, 0.25) is 0 Å². The van der Waals surface area contributed by atoms with Crippen molar-refractivity contribution >= 4 is 34.6 Å². The van der Waals surface area contributed by atoms with E-state index in [9.17, 15) is 9.59 Å². The van der Waals surface area contributed by atoms with Crippen LogP contribution in [-0.2, 0) is 4.79 Å². The molecule has 0 aliphatic heterocycles. The van der Waals surface area contributed by atoms with Crippen LogP contribution >= 0.6 is 0 Å². The number of ether oxygens (including phenoxy) is 1. The highest BCUT2D eigenvalue weighted by Crippen LogP contribution is 2.29. The molecule has 0 aliphatic carbocycles. The summed E-state index contributed by atoms with van der Waals surface area (Å²) in [4.78, 5) is 24.4. The summed E-state index contributed by atoms with van der Waals surface area (Å²) >= 11 is 0. The zero-order valence-electron chi connectivity index (χ0n) is 17.5. The van der Waals surface area contributed by atoms with E-state index in [4.69, 9.17) is 4.74 Å². The van der Waals surface area contributed by atoms with Crippen molar-refractivity contribution in [2.24, 2.45) is 0 Å². The van der Waals surface area contributed by atoms with E-state index in [1.807, 2.05) is 37.3 Å². The van der Waals surface area contributed by atoms with Crippen molar-refractivity contribution in [2.45, 2.75) is 20.8 Å². The van der Waals surface area contributed by atoms with Crippen LogP contribution in [0.3, 0.4) is 0 Å². The monoisotopic (exact) mass is 403 g/mol. The Morgan fingerprint density at radius 3 is 2.30 bits per heavy atom. The molecule has 0 radical (unpaired) electrons. The fraction of sp³-hybridized carbons (Fsp3) is 0.167. The maximum Gasteiger partial charge on any atom is 0.257 e. The lowest BCUT2D eigenvalue weighted by Gasteiger charge is -2.16. The summed E-state index contributed by atoms with van der Waals surface area (Å²) in [6.45, 7) is 5.51. The number of carbonyl (C=O) groups is 2. The lowest BCUT2D eigenvalue weighted by molar-refractivity contribution is -0.114. The highest BCUT2D eigenvalue weighted by atomic mass is 16.5. The van der Waals surface area contributed by atoms with Crippen LogP contribution in [0.25, 0.3) is 0 Å². The van der Waals surface area contributed by atoms with E-state index < -0.39 is 0 Å². The van der Waals surface area contributed by atoms with Crippen LogP contribution in [0, 0.1) is 13.8 Å². The standard InChI is InChI=1S/C24H25N3O3/c1-15-8-7-11-20(16(15)2)27-21-10-6-5-9-19(21)24(29)26-18-12-13-23(30-4)22(14-18)25-17(3)28/h5-14,27H,1-4H3,(H,25,28)(H,26,29). The summed E-state index contributed by atoms with van der Waals surface area (Å²) < 4.78 is 5.26. The fourth-order valence-electron chi connectivity index (χ4n) is 3.09. The molecule has 0 bridgehead atoms. The molecular formula is C24H25N3O3. The Balaban J connectivity index is 1.86. The first-order valence-electron chi connectivity index (χ1n) is 9.58. The van der Waals surface area contributed by atoms with Gasteiger partial charge in [0.1, 0.15) is 5.75 Å². The number of amides is 2. The topological polar surface area (TPSA) is 79.5 Å². The smallest absolute Gasteiger partial charge is 0.257 e. The molecule has 3 aromatic rings. The summed E-state index contributed by atoms with van der Waals surface area (Å²) in [5.41, 5.74) is 5.51. The van der Waals surface area contributed by atoms with Crippen LogP contribution in [-0.4, -0.2) is 18.9 Å². The molecule has 6 nitrogen and oxygen atoms in total. The number of hydrogen-bond donors (Lipinski definition) is 3. The van der Waals surface area contributed by atoms with Gasteiger partial charge in [-0.2, -0.15) is 0 Å². The predicted molar refractivity (Wildman–Crippen MR) is 121 cm³/mol. The van der Waals surface area contributed by atoms with Crippen molar-refractivity contribution < 1.29 is 14.3 Å². The third kappa shape index (κ3) is 4.78. The summed E-state index contributed by atoms with van der Waals surface area (Å²) in [5.74, 6) is 0.0300. The second-order valence-electron chi connectivity index (χ2n) is 6.97. The van der Waals surface area contributed by atoms with Gasteiger partial charge in [0.25, 0.3) is 5.91 Å². The van der Waals surface area contributed by atoms with Gasteiger partial charge in [0, 0.05) is 18.3 Å². The average Bonchev–Trinajstić information content (AvgIpc) is 2.71. The van der Waals surface area contributed by atoms with Gasteiger partial charge >= 0.3 is 0 Å². The van der Waals surface area contributed by atoms with E-state index in [0.717, 1.165) is 11.3 Å². The molecule has 3 aromatic carbocycles. The third-order valence-electron chi connectivity index (χ3n) is 4.81. The molecule has 0 saturated carbocycles. The third-order valence-corrected chi connectivity index (χ3v) is 4.81. The molecule has 154 valence electrons. The zero-order chi connectivity index (χ0) is 21.7. The lowest BCUT2D eigenvalue weighted by atomic mass is 10.1. The molecule has 0 atom stereocenters. The van der Waals surface area contributed by atoms with Crippen LogP contribution < -0.4 is 20.7 Å². The maximum atomic E-state index is 13.0. The number of para-hydroxylation sites is 1. The second-order valence-corrected chi connectivity index (χ2v) is 6.97. The Kier molecular flexibility index (Phi) is 6.37. The molecule has 2 amide bonds. The number of rotatable bonds is 6. The van der Waals surface area contributed by atoms with Gasteiger partial charge in [-0.15, -0.1) is 0 Å². The van der Waals surface area contributed by atoms with Crippen molar-refractivity contribution in [3.05, 3.63) is 77.4 Å². The number of anilines is 4. The van der Waals surface area contributed by atoms with Crippen LogP contribution in [0.1, 0.15) is 28.4 Å². The molecule has 0 unspecified atom stereocenters. The van der Waals surface area contributed by atoms with Crippen molar-refractivity contribution in [3.8, 4) is 5.75 Å². The molecule has 3 N–H and O–H groups in total. The summed E-state index contributed by atoms with van der Waals surface area (Å²) in [7, 11) is 1.52. The molecule has 0 aliphatic rings. The van der Waals surface area contributed by atoms with Gasteiger partial charge in [0.15, 0.2) is 0 Å². The second kappa shape index (κ2) is 9.13. The summed E-state index contributed by atoms with van der Waals surface area (Å²) in [5, 5.41) is 8.96. The first-order valence-corrected chi connectivity index (χ1v) is 9.58. The van der Waals surface area contributed by atoms with E-state index in [1.54, 1.807) is 24.3 Å². The minimum atomic E-state index is -0.262. The van der Waals surface area contributed by atoms with E-state index in [1.165, 1.54) is 19.6 Å². The van der Waals surface area contributed by atoms with Crippen molar-refractivity contribution in [2.75, 3.05) is 23.1 Å². The predicted octanol–water partition coefficient (Wildman–Crippen LogP) is 5.27. The SMILES string of the molecule is COc1ccc(NC(=O)c2ccccc2Nc2cccc(C)c2C)cc1NC(C)=O. The molecule has 0 fully saturated rings. The van der Waals surface area contributed by atoms with Gasteiger partial charge in [-0.25, -0.2) is 0 Å². The number of benzene rings is 3. The number of nitrogens with one attached hydrogen (secondary N) is 3. The molecule has 3 rings (SSSR count). The van der Waals surface area contributed by atoms with Crippen molar-refractivity contribution in [1.82, 2.24) is 0 Å². The van der Waals surface area contributed by atoms with Gasteiger partial charge in [-0.05, 0) is 61.4 Å². The minimum absolute atomic E-state index is 0.222. The number of hydrogen-bond acceptors (Lipinski definition) is 4. The first kappa shape index (κ1) is 20.9. The normalized spacial score (nSPS) is 10.3. The molecule has 30 heavy (non-hydrogen) atoms. The van der Waals surface area contributed by atoms with Crippen LogP contribution in [0.4, 0.5) is 22.7 Å². The van der Waals surface area contributed by atoms with Crippen molar-refractivity contribution in [1.29, 1.82) is 0 Å². The van der Waals surface area contributed by atoms with Crippen LogP contribution in [0.15, 0.2) is 60.7 Å². The average molecular weight is 403 g/mol. The number of aryl methyl sites for hydroxylation is 1. The molecule has 0 heterocycles.